The summed E-state index contributed by atoms with van der Waals surface area (Å²) >= 11 is 0. The van der Waals surface area contributed by atoms with Crippen molar-refractivity contribution in [1.82, 2.24) is 25.3 Å². The Balaban J connectivity index is 0.00000338. The van der Waals surface area contributed by atoms with Crippen LogP contribution in [0.15, 0.2) is 17.4 Å². The van der Waals surface area contributed by atoms with E-state index in [1.54, 1.807) is 17.8 Å². The van der Waals surface area contributed by atoms with Gasteiger partial charge in [-0.25, -0.2) is 4.99 Å². The molecule has 2 atom stereocenters. The zero-order chi connectivity index (χ0) is 18.3. The van der Waals surface area contributed by atoms with Gasteiger partial charge >= 0.3 is 0 Å². The third-order valence-corrected chi connectivity index (χ3v) is 4.85. The number of rotatable bonds is 8. The van der Waals surface area contributed by atoms with Crippen molar-refractivity contribution in [2.24, 2.45) is 12.0 Å². The van der Waals surface area contributed by atoms with Gasteiger partial charge in [-0.15, -0.1) is 24.0 Å². The third kappa shape index (κ3) is 6.70. The molecule has 26 heavy (non-hydrogen) atoms. The molecule has 0 radical (unpaired) electrons. The van der Waals surface area contributed by atoms with Gasteiger partial charge in [0.2, 0.25) is 0 Å². The molecular weight excluding hydrogens is 443 g/mol. The molecule has 1 aromatic rings. The smallest absolute Gasteiger partial charge is 0.191 e. The lowest BCUT2D eigenvalue weighted by Crippen LogP contribution is -2.46. The van der Waals surface area contributed by atoms with Gasteiger partial charge in [0.25, 0.3) is 0 Å². The average Bonchev–Trinajstić information content (AvgIpc) is 3.25. The molecule has 0 bridgehead atoms. The van der Waals surface area contributed by atoms with Crippen molar-refractivity contribution in [3.05, 3.63) is 18.0 Å². The van der Waals surface area contributed by atoms with Crippen LogP contribution in [-0.4, -0.2) is 64.5 Å². The van der Waals surface area contributed by atoms with E-state index >= 15 is 0 Å². The van der Waals surface area contributed by atoms with Crippen molar-refractivity contribution >= 4 is 29.9 Å². The van der Waals surface area contributed by atoms with E-state index < -0.39 is 5.60 Å². The molecule has 1 saturated heterocycles. The Hall–Kier alpha value is -0.870. The molecule has 2 unspecified atom stereocenters. The molecule has 8 heteroatoms. The standard InChI is InChI=1S/C18H34N6O.HI/c1-5-16(24-9-7-8-10-24)12-20-17(19-6-2)21-14-18(3,25)15-11-22-23(4)13-15;/h11,13,16,25H,5-10,12,14H2,1-4H3,(H2,19,20,21);1H. The first-order chi connectivity index (χ1) is 12.0. The molecule has 1 aliphatic heterocycles. The number of aliphatic imine (C=N–C) groups is 1. The van der Waals surface area contributed by atoms with E-state index in [1.807, 2.05) is 20.2 Å². The molecule has 1 fully saturated rings. The lowest BCUT2D eigenvalue weighted by Gasteiger charge is -2.27. The van der Waals surface area contributed by atoms with Crippen LogP contribution in [0.1, 0.15) is 45.6 Å². The summed E-state index contributed by atoms with van der Waals surface area (Å²) in [6.45, 7) is 10.4. The molecule has 1 aromatic heterocycles. The van der Waals surface area contributed by atoms with E-state index in [1.165, 1.54) is 25.9 Å². The molecular formula is C18H35IN6O. The first kappa shape index (κ1) is 23.2. The van der Waals surface area contributed by atoms with Gasteiger partial charge in [0.05, 0.1) is 12.7 Å². The van der Waals surface area contributed by atoms with Crippen molar-refractivity contribution in [3.8, 4) is 0 Å². The van der Waals surface area contributed by atoms with E-state index in [2.05, 4.69) is 32.5 Å². The number of nitrogens with one attached hydrogen (secondary N) is 2. The second-order valence-electron chi connectivity index (χ2n) is 7.06. The molecule has 150 valence electrons. The van der Waals surface area contributed by atoms with Crippen molar-refractivity contribution in [2.45, 2.75) is 51.7 Å². The molecule has 0 aromatic carbocycles. The number of likely N-dealkylation sites (tertiary alicyclic amines) is 1. The van der Waals surface area contributed by atoms with Crippen LogP contribution in [0.4, 0.5) is 0 Å². The molecule has 0 spiro atoms. The quantitative estimate of drug-likeness (QED) is 0.301. The molecule has 0 saturated carbocycles. The van der Waals surface area contributed by atoms with E-state index in [4.69, 9.17) is 0 Å². The van der Waals surface area contributed by atoms with Crippen LogP contribution in [0.5, 0.6) is 0 Å². The molecule has 2 heterocycles. The van der Waals surface area contributed by atoms with E-state index in [0.29, 0.717) is 6.04 Å². The maximum absolute atomic E-state index is 10.7. The fraction of sp³-hybridized carbons (Fsp3) is 0.778. The number of nitrogens with zero attached hydrogens (tertiary/aromatic N) is 4. The molecule has 0 aliphatic carbocycles. The summed E-state index contributed by atoms with van der Waals surface area (Å²) in [5, 5.41) is 21.5. The summed E-state index contributed by atoms with van der Waals surface area (Å²) < 4.78 is 1.69. The average molecular weight is 478 g/mol. The van der Waals surface area contributed by atoms with Crippen LogP contribution in [0.25, 0.3) is 0 Å². The molecule has 3 N–H and O–H groups in total. The lowest BCUT2D eigenvalue weighted by atomic mass is 10.0. The first-order valence-corrected chi connectivity index (χ1v) is 9.44. The van der Waals surface area contributed by atoms with E-state index in [-0.39, 0.29) is 30.5 Å². The first-order valence-electron chi connectivity index (χ1n) is 9.44. The second-order valence-corrected chi connectivity index (χ2v) is 7.06. The summed E-state index contributed by atoms with van der Waals surface area (Å²) in [5.41, 5.74) is -0.256. The van der Waals surface area contributed by atoms with Crippen molar-refractivity contribution in [1.29, 1.82) is 0 Å². The number of hydrogen-bond acceptors (Lipinski definition) is 4. The number of aromatic nitrogens is 2. The molecule has 2 rings (SSSR count). The van der Waals surface area contributed by atoms with Crippen LogP contribution < -0.4 is 10.6 Å². The highest BCUT2D eigenvalue weighted by atomic mass is 127. The number of guanidine groups is 1. The Labute approximate surface area is 174 Å². The van der Waals surface area contributed by atoms with Gasteiger partial charge in [-0.05, 0) is 46.2 Å². The molecule has 7 nitrogen and oxygen atoms in total. The lowest BCUT2D eigenvalue weighted by molar-refractivity contribution is 0.0671. The zero-order valence-electron chi connectivity index (χ0n) is 16.5. The number of hydrogen-bond donors (Lipinski definition) is 3. The monoisotopic (exact) mass is 478 g/mol. The van der Waals surface area contributed by atoms with Gasteiger partial charge in [0, 0.05) is 37.9 Å². The molecule has 0 amide bonds. The highest BCUT2D eigenvalue weighted by Crippen LogP contribution is 2.20. The fourth-order valence-corrected chi connectivity index (χ4v) is 3.22. The van der Waals surface area contributed by atoms with E-state index in [0.717, 1.165) is 31.0 Å². The Morgan fingerprint density at radius 3 is 2.58 bits per heavy atom. The van der Waals surface area contributed by atoms with Crippen LogP contribution >= 0.6 is 24.0 Å². The highest BCUT2D eigenvalue weighted by molar-refractivity contribution is 14.0. The minimum absolute atomic E-state index is 0. The van der Waals surface area contributed by atoms with Crippen molar-refractivity contribution in [3.63, 3.8) is 0 Å². The van der Waals surface area contributed by atoms with Crippen LogP contribution in [-0.2, 0) is 12.6 Å². The normalized spacial score (nSPS) is 18.9. The summed E-state index contributed by atoms with van der Waals surface area (Å²) in [5.74, 6) is 0.754. The number of aryl methyl sites for hydroxylation is 1. The largest absolute Gasteiger partial charge is 0.383 e. The fourth-order valence-electron chi connectivity index (χ4n) is 3.22. The zero-order valence-corrected chi connectivity index (χ0v) is 18.9. The van der Waals surface area contributed by atoms with Gasteiger partial charge in [0.15, 0.2) is 5.96 Å². The number of aliphatic hydroxyl groups is 1. The van der Waals surface area contributed by atoms with E-state index in [9.17, 15) is 5.11 Å². The van der Waals surface area contributed by atoms with Crippen molar-refractivity contribution in [2.75, 3.05) is 32.7 Å². The summed E-state index contributed by atoms with van der Waals surface area (Å²) in [4.78, 5) is 7.15. The Morgan fingerprint density at radius 2 is 2.04 bits per heavy atom. The van der Waals surface area contributed by atoms with Gasteiger partial charge in [-0.1, -0.05) is 6.92 Å². The minimum Gasteiger partial charge on any atom is -0.383 e. The summed E-state index contributed by atoms with van der Waals surface area (Å²) in [7, 11) is 1.84. The van der Waals surface area contributed by atoms with Gasteiger partial charge in [-0.3, -0.25) is 9.58 Å². The Morgan fingerprint density at radius 1 is 1.35 bits per heavy atom. The summed E-state index contributed by atoms with van der Waals surface area (Å²) in [6, 6.07) is 0.533. The van der Waals surface area contributed by atoms with Gasteiger partial charge in [-0.2, -0.15) is 5.10 Å². The predicted octanol–water partition coefficient (Wildman–Crippen LogP) is 1.68. The predicted molar refractivity (Wildman–Crippen MR) is 117 cm³/mol. The Bertz CT molecular complexity index is 554. The number of halogens is 1. The van der Waals surface area contributed by atoms with Gasteiger partial charge in [0.1, 0.15) is 5.60 Å². The second kappa shape index (κ2) is 11.1. The van der Waals surface area contributed by atoms with Crippen molar-refractivity contribution < 1.29 is 5.11 Å². The molecule has 1 aliphatic rings. The SMILES string of the molecule is CCNC(=NCC(C)(O)c1cnn(C)c1)NCC(CC)N1CCCC1.I. The van der Waals surface area contributed by atoms with Gasteiger partial charge < -0.3 is 15.7 Å². The summed E-state index contributed by atoms with van der Waals surface area (Å²) in [6.07, 6.45) is 7.25. The maximum atomic E-state index is 10.7. The van der Waals surface area contributed by atoms with Crippen LogP contribution in [0.2, 0.25) is 0 Å². The third-order valence-electron chi connectivity index (χ3n) is 4.85. The van der Waals surface area contributed by atoms with Crippen LogP contribution in [0.3, 0.4) is 0 Å². The Kier molecular flexibility index (Phi) is 9.88. The minimum atomic E-state index is -1.03. The maximum Gasteiger partial charge on any atom is 0.191 e. The van der Waals surface area contributed by atoms with Crippen LogP contribution in [0, 0.1) is 0 Å². The highest BCUT2D eigenvalue weighted by Gasteiger charge is 2.25. The topological polar surface area (TPSA) is 77.7 Å².